The Hall–Kier alpha value is -2.52. The van der Waals surface area contributed by atoms with Gasteiger partial charge in [0.2, 0.25) is 0 Å². The van der Waals surface area contributed by atoms with Crippen molar-refractivity contribution in [3.63, 3.8) is 0 Å². The van der Waals surface area contributed by atoms with Crippen LogP contribution in [0, 0.1) is 0 Å². The molecule has 124 valence electrons. The van der Waals surface area contributed by atoms with E-state index < -0.39 is 0 Å². The molecule has 0 aliphatic heterocycles. The molecule has 2 aromatic heterocycles. The molecule has 0 unspecified atom stereocenters. The summed E-state index contributed by atoms with van der Waals surface area (Å²) in [4.78, 5) is 0. The Bertz CT molecular complexity index is 1060. The van der Waals surface area contributed by atoms with Crippen molar-refractivity contribution in [2.75, 3.05) is 5.75 Å². The van der Waals surface area contributed by atoms with E-state index in [1.807, 2.05) is 0 Å². The molecule has 0 aliphatic rings. The third-order valence-corrected chi connectivity index (χ3v) is 4.88. The lowest BCUT2D eigenvalue weighted by Gasteiger charge is -1.99. The van der Waals surface area contributed by atoms with Gasteiger partial charge < -0.3 is 4.57 Å². The molecule has 4 aromatic rings. The number of pyridine rings is 1. The summed E-state index contributed by atoms with van der Waals surface area (Å²) < 4.78 is 4.40. The van der Waals surface area contributed by atoms with Gasteiger partial charge in [0.05, 0.1) is 0 Å². The Kier molecular flexibility index (Phi) is 4.33. The van der Waals surface area contributed by atoms with E-state index in [-0.39, 0.29) is 0 Å². The van der Waals surface area contributed by atoms with E-state index in [2.05, 4.69) is 108 Å². The van der Waals surface area contributed by atoms with E-state index >= 15 is 0 Å². The molecule has 0 spiro atoms. The molecule has 0 amide bonds. The highest BCUT2D eigenvalue weighted by Crippen LogP contribution is 2.29. The van der Waals surface area contributed by atoms with Crippen molar-refractivity contribution in [3.05, 3.63) is 78.1 Å². The highest BCUT2D eigenvalue weighted by atomic mass is 32.1. The van der Waals surface area contributed by atoms with Crippen LogP contribution in [-0.2, 0) is 13.6 Å². The quantitative estimate of drug-likeness (QED) is 0.405. The van der Waals surface area contributed by atoms with Crippen LogP contribution in [0.5, 0.6) is 0 Å². The van der Waals surface area contributed by atoms with Gasteiger partial charge in [-0.15, -0.1) is 0 Å². The van der Waals surface area contributed by atoms with Gasteiger partial charge in [0.1, 0.15) is 0 Å². The van der Waals surface area contributed by atoms with Crippen molar-refractivity contribution in [2.45, 2.75) is 6.54 Å². The lowest BCUT2D eigenvalue weighted by atomic mass is 10.1. The maximum atomic E-state index is 4.27. The van der Waals surface area contributed by atoms with Crippen LogP contribution in [-0.4, -0.2) is 10.3 Å². The van der Waals surface area contributed by atoms with E-state index in [4.69, 9.17) is 0 Å². The third-order valence-electron chi connectivity index (χ3n) is 4.68. The maximum absolute atomic E-state index is 4.27. The number of fused-ring (bicyclic) bond motifs is 3. The van der Waals surface area contributed by atoms with Crippen LogP contribution in [0.1, 0.15) is 11.1 Å². The molecule has 0 N–H and O–H groups in total. The molecule has 0 bridgehead atoms. The van der Waals surface area contributed by atoms with E-state index in [0.29, 0.717) is 0 Å². The molecule has 0 radical (unpaired) electrons. The first-order valence-corrected chi connectivity index (χ1v) is 9.15. The fraction of sp³-hybridized carbons (Fsp3) is 0.136. The zero-order valence-corrected chi connectivity index (χ0v) is 15.2. The molecule has 0 aliphatic carbocycles. The van der Waals surface area contributed by atoms with E-state index in [1.54, 1.807) is 0 Å². The van der Waals surface area contributed by atoms with Crippen LogP contribution < -0.4 is 4.57 Å². The van der Waals surface area contributed by atoms with Crippen LogP contribution in [0.2, 0.25) is 0 Å². The van der Waals surface area contributed by atoms with Crippen LogP contribution in [0.25, 0.3) is 34.0 Å². The molecule has 4 rings (SSSR count). The summed E-state index contributed by atoms with van der Waals surface area (Å²) in [6.07, 6.45) is 8.55. The van der Waals surface area contributed by atoms with Gasteiger partial charge in [-0.25, -0.2) is 4.57 Å². The SMILES string of the molecule is Cn1c2ccccc2c2cc(/C=C/c3cc[n+](CCS)cc3)ccc21. The second-order valence-electron chi connectivity index (χ2n) is 6.28. The predicted molar refractivity (Wildman–Crippen MR) is 110 cm³/mol. The van der Waals surface area contributed by atoms with Gasteiger partial charge in [0, 0.05) is 46.7 Å². The molecule has 2 heterocycles. The standard InChI is InChI=1S/C22H20N2S/c1-23-21-5-3-2-4-19(21)20-16-18(8-9-22(20)23)7-6-17-10-12-24(13-11-17)14-15-25/h2-13,16H,14-15H2,1H3/p+1. The lowest BCUT2D eigenvalue weighted by Crippen LogP contribution is -2.33. The largest absolute Gasteiger partial charge is 0.344 e. The van der Waals surface area contributed by atoms with E-state index in [9.17, 15) is 0 Å². The van der Waals surface area contributed by atoms with Crippen LogP contribution >= 0.6 is 12.6 Å². The Morgan fingerprint density at radius 3 is 2.40 bits per heavy atom. The Morgan fingerprint density at radius 2 is 1.60 bits per heavy atom. The average molecular weight is 345 g/mol. The average Bonchev–Trinajstić information content (AvgIpc) is 2.94. The van der Waals surface area contributed by atoms with Gasteiger partial charge in [-0.1, -0.05) is 36.4 Å². The molecule has 25 heavy (non-hydrogen) atoms. The Labute approximate surface area is 153 Å². The summed E-state index contributed by atoms with van der Waals surface area (Å²) in [5, 5.41) is 2.61. The van der Waals surface area contributed by atoms with Crippen molar-refractivity contribution >= 4 is 46.6 Å². The summed E-state index contributed by atoms with van der Waals surface area (Å²) in [6, 6.07) is 19.5. The van der Waals surface area contributed by atoms with E-state index in [0.717, 1.165) is 12.3 Å². The highest BCUT2D eigenvalue weighted by molar-refractivity contribution is 7.80. The molecular weight excluding hydrogens is 324 g/mol. The van der Waals surface area contributed by atoms with Crippen molar-refractivity contribution in [3.8, 4) is 0 Å². The lowest BCUT2D eigenvalue weighted by molar-refractivity contribution is -0.692. The molecule has 0 saturated heterocycles. The molecule has 0 atom stereocenters. The van der Waals surface area contributed by atoms with Crippen molar-refractivity contribution < 1.29 is 4.57 Å². The first kappa shape index (κ1) is 16.0. The number of para-hydroxylation sites is 1. The summed E-state index contributed by atoms with van der Waals surface area (Å²) in [6.45, 7) is 0.935. The molecule has 2 nitrogen and oxygen atoms in total. The smallest absolute Gasteiger partial charge is 0.169 e. The summed E-state index contributed by atoms with van der Waals surface area (Å²) in [5.74, 6) is 0.852. The number of aryl methyl sites for hydroxylation is 2. The first-order valence-electron chi connectivity index (χ1n) is 8.51. The summed E-state index contributed by atoms with van der Waals surface area (Å²) in [5.41, 5.74) is 4.96. The van der Waals surface area contributed by atoms with Crippen molar-refractivity contribution in [2.24, 2.45) is 7.05 Å². The number of thiol groups is 1. The second kappa shape index (κ2) is 6.77. The highest BCUT2D eigenvalue weighted by Gasteiger charge is 2.07. The Balaban J connectivity index is 1.68. The Morgan fingerprint density at radius 1 is 0.880 bits per heavy atom. The number of benzene rings is 2. The zero-order chi connectivity index (χ0) is 17.2. The summed E-state index contributed by atoms with van der Waals surface area (Å²) >= 11 is 4.27. The first-order chi connectivity index (χ1) is 12.3. The minimum absolute atomic E-state index is 0.852. The molecular formula is C22H21N2S+. The minimum Gasteiger partial charge on any atom is -0.344 e. The van der Waals surface area contributed by atoms with Crippen molar-refractivity contribution in [1.29, 1.82) is 0 Å². The van der Waals surface area contributed by atoms with Crippen LogP contribution in [0.3, 0.4) is 0 Å². The van der Waals surface area contributed by atoms with Gasteiger partial charge in [0.15, 0.2) is 18.9 Å². The fourth-order valence-electron chi connectivity index (χ4n) is 3.33. The maximum Gasteiger partial charge on any atom is 0.169 e. The monoisotopic (exact) mass is 345 g/mol. The zero-order valence-electron chi connectivity index (χ0n) is 14.3. The number of nitrogens with zero attached hydrogens (tertiary/aromatic N) is 2. The van der Waals surface area contributed by atoms with Gasteiger partial charge in [-0.05, 0) is 29.3 Å². The van der Waals surface area contributed by atoms with Gasteiger partial charge >= 0.3 is 0 Å². The van der Waals surface area contributed by atoms with Crippen LogP contribution in [0.4, 0.5) is 0 Å². The third kappa shape index (κ3) is 3.08. The molecule has 0 saturated carbocycles. The number of aromatic nitrogens is 2. The molecule has 2 aromatic carbocycles. The van der Waals surface area contributed by atoms with Crippen molar-refractivity contribution in [1.82, 2.24) is 4.57 Å². The van der Waals surface area contributed by atoms with Crippen LogP contribution in [0.15, 0.2) is 67.0 Å². The number of rotatable bonds is 4. The number of hydrogen-bond acceptors (Lipinski definition) is 1. The molecule has 0 fully saturated rings. The second-order valence-corrected chi connectivity index (χ2v) is 6.73. The minimum atomic E-state index is 0.852. The predicted octanol–water partition coefficient (Wildman–Crippen LogP) is 4.72. The fourth-order valence-corrected chi connectivity index (χ4v) is 3.56. The topological polar surface area (TPSA) is 8.81 Å². The van der Waals surface area contributed by atoms with Gasteiger partial charge in [-0.2, -0.15) is 12.6 Å². The van der Waals surface area contributed by atoms with Gasteiger partial charge in [0.25, 0.3) is 0 Å². The summed E-state index contributed by atoms with van der Waals surface area (Å²) in [7, 11) is 2.13. The van der Waals surface area contributed by atoms with Gasteiger partial charge in [-0.3, -0.25) is 0 Å². The number of hydrogen-bond donors (Lipinski definition) is 1. The normalized spacial score (nSPS) is 11.8. The van der Waals surface area contributed by atoms with E-state index in [1.165, 1.54) is 32.9 Å². The molecule has 3 heteroatoms.